The van der Waals surface area contributed by atoms with Gasteiger partial charge < -0.3 is 10.2 Å². The first-order valence-corrected chi connectivity index (χ1v) is 7.61. The van der Waals surface area contributed by atoms with E-state index in [9.17, 15) is 4.79 Å². The fourth-order valence-electron chi connectivity index (χ4n) is 1.66. The van der Waals surface area contributed by atoms with Crippen molar-refractivity contribution in [3.05, 3.63) is 57.2 Å². The summed E-state index contributed by atoms with van der Waals surface area (Å²) >= 11 is 7.34. The van der Waals surface area contributed by atoms with Crippen LogP contribution in [0, 0.1) is 11.8 Å². The highest BCUT2D eigenvalue weighted by Crippen LogP contribution is 2.22. The van der Waals surface area contributed by atoms with Crippen molar-refractivity contribution in [2.24, 2.45) is 0 Å². The molecule has 0 radical (unpaired) electrons. The molecule has 1 aromatic carbocycles. The largest absolute Gasteiger partial charge is 0.327 e. The minimum atomic E-state index is -0.151. The van der Waals surface area contributed by atoms with Gasteiger partial charge in [-0.2, -0.15) is 0 Å². The zero-order valence-electron chi connectivity index (χ0n) is 11.6. The van der Waals surface area contributed by atoms with Crippen molar-refractivity contribution in [3.8, 4) is 11.8 Å². The Morgan fingerprint density at radius 1 is 1.29 bits per heavy atom. The van der Waals surface area contributed by atoms with Gasteiger partial charge in [-0.25, -0.2) is 4.79 Å². The highest BCUT2D eigenvalue weighted by atomic mass is 35.5. The number of hydrogen-bond donors (Lipinski definition) is 1. The number of hydrogen-bond acceptors (Lipinski definition) is 2. The monoisotopic (exact) mass is 318 g/mol. The zero-order chi connectivity index (χ0) is 15.1. The molecule has 0 fully saturated rings. The van der Waals surface area contributed by atoms with Crippen LogP contribution in [0.2, 0.25) is 4.34 Å². The molecule has 2 amide bonds. The van der Waals surface area contributed by atoms with Crippen molar-refractivity contribution in [2.75, 3.05) is 13.6 Å². The summed E-state index contributed by atoms with van der Waals surface area (Å²) in [6.07, 6.45) is 0. The number of rotatable bonds is 3. The van der Waals surface area contributed by atoms with Gasteiger partial charge in [-0.3, -0.25) is 0 Å². The van der Waals surface area contributed by atoms with E-state index in [1.807, 2.05) is 42.5 Å². The van der Waals surface area contributed by atoms with Crippen molar-refractivity contribution in [1.82, 2.24) is 10.2 Å². The first-order valence-electron chi connectivity index (χ1n) is 6.42. The molecule has 3 nitrogen and oxygen atoms in total. The number of amides is 2. The number of halogens is 1. The van der Waals surface area contributed by atoms with Crippen molar-refractivity contribution >= 4 is 29.0 Å². The summed E-state index contributed by atoms with van der Waals surface area (Å²) in [7, 11) is 1.74. The van der Waals surface area contributed by atoms with Gasteiger partial charge in [-0.1, -0.05) is 41.6 Å². The number of benzene rings is 1. The second kappa shape index (κ2) is 7.72. The highest BCUT2D eigenvalue weighted by molar-refractivity contribution is 7.16. The highest BCUT2D eigenvalue weighted by Gasteiger charge is 2.08. The SMILES string of the molecule is CN(Cc1ccc(Cl)s1)C(=O)NCC#Cc1ccccc1. The minimum absolute atomic E-state index is 0.151. The van der Waals surface area contributed by atoms with E-state index in [4.69, 9.17) is 11.6 Å². The summed E-state index contributed by atoms with van der Waals surface area (Å²) in [5, 5.41) is 2.76. The van der Waals surface area contributed by atoms with Gasteiger partial charge in [0, 0.05) is 17.5 Å². The molecule has 108 valence electrons. The van der Waals surface area contributed by atoms with Gasteiger partial charge >= 0.3 is 6.03 Å². The molecule has 1 N–H and O–H groups in total. The summed E-state index contributed by atoms with van der Waals surface area (Å²) in [5.41, 5.74) is 0.938. The smallest absolute Gasteiger partial charge is 0.318 e. The third-order valence-corrected chi connectivity index (χ3v) is 3.92. The third-order valence-electron chi connectivity index (χ3n) is 2.70. The van der Waals surface area contributed by atoms with Crippen LogP contribution in [0.15, 0.2) is 42.5 Å². The lowest BCUT2D eigenvalue weighted by Crippen LogP contribution is -2.36. The van der Waals surface area contributed by atoms with E-state index in [-0.39, 0.29) is 6.03 Å². The Morgan fingerprint density at radius 3 is 2.71 bits per heavy atom. The van der Waals surface area contributed by atoms with Crippen molar-refractivity contribution in [3.63, 3.8) is 0 Å². The summed E-state index contributed by atoms with van der Waals surface area (Å²) in [5.74, 6) is 5.92. The van der Waals surface area contributed by atoms with Crippen LogP contribution in [-0.2, 0) is 6.54 Å². The standard InChI is InChI=1S/C16H15ClN2OS/c1-19(12-14-9-10-15(17)21-14)16(20)18-11-5-8-13-6-3-2-4-7-13/h2-4,6-7,9-10H,11-12H2,1H3,(H,18,20). The fourth-order valence-corrected chi connectivity index (χ4v) is 2.81. The van der Waals surface area contributed by atoms with Gasteiger partial charge in [-0.15, -0.1) is 11.3 Å². The molecule has 0 spiro atoms. The normalized spacial score (nSPS) is 9.62. The lowest BCUT2D eigenvalue weighted by molar-refractivity contribution is 0.208. The topological polar surface area (TPSA) is 32.3 Å². The van der Waals surface area contributed by atoms with E-state index in [1.54, 1.807) is 11.9 Å². The molecule has 0 aliphatic carbocycles. The molecule has 0 aliphatic heterocycles. The van der Waals surface area contributed by atoms with Crippen LogP contribution < -0.4 is 5.32 Å². The molecule has 0 aliphatic rings. The second-order valence-electron chi connectivity index (χ2n) is 4.39. The number of nitrogens with zero attached hydrogens (tertiary/aromatic N) is 1. The van der Waals surface area contributed by atoms with Crippen LogP contribution in [-0.4, -0.2) is 24.5 Å². The number of nitrogens with one attached hydrogen (secondary N) is 1. The van der Waals surface area contributed by atoms with Crippen LogP contribution >= 0.6 is 22.9 Å². The lowest BCUT2D eigenvalue weighted by atomic mass is 10.2. The number of thiophene rings is 1. The van der Waals surface area contributed by atoms with Crippen LogP contribution in [0.1, 0.15) is 10.4 Å². The van der Waals surface area contributed by atoms with Crippen molar-refractivity contribution in [2.45, 2.75) is 6.54 Å². The van der Waals surface area contributed by atoms with Gasteiger partial charge in [-0.05, 0) is 24.3 Å². The molecule has 21 heavy (non-hydrogen) atoms. The Morgan fingerprint density at radius 2 is 2.05 bits per heavy atom. The Hall–Kier alpha value is -1.96. The number of urea groups is 1. The van der Waals surface area contributed by atoms with Crippen LogP contribution in [0.3, 0.4) is 0 Å². The van der Waals surface area contributed by atoms with Crippen LogP contribution in [0.25, 0.3) is 0 Å². The minimum Gasteiger partial charge on any atom is -0.327 e. The average molecular weight is 319 g/mol. The maximum atomic E-state index is 11.9. The first-order chi connectivity index (χ1) is 10.1. The van der Waals surface area contributed by atoms with Crippen molar-refractivity contribution < 1.29 is 4.79 Å². The predicted octanol–water partition coefficient (Wildman–Crippen LogP) is 3.59. The molecule has 0 saturated heterocycles. The van der Waals surface area contributed by atoms with E-state index in [0.717, 1.165) is 14.8 Å². The lowest BCUT2D eigenvalue weighted by Gasteiger charge is -2.15. The van der Waals surface area contributed by atoms with Gasteiger partial charge in [0.2, 0.25) is 0 Å². The van der Waals surface area contributed by atoms with Crippen LogP contribution in [0.5, 0.6) is 0 Å². The number of carbonyl (C=O) groups is 1. The molecule has 0 saturated carbocycles. The first kappa shape index (κ1) is 15.4. The van der Waals surface area contributed by atoms with Crippen LogP contribution in [0.4, 0.5) is 4.79 Å². The summed E-state index contributed by atoms with van der Waals surface area (Å²) in [4.78, 5) is 14.5. The Bertz CT molecular complexity index is 658. The van der Waals surface area contributed by atoms with E-state index in [2.05, 4.69) is 17.2 Å². The molecule has 0 unspecified atom stereocenters. The molecule has 0 atom stereocenters. The Balaban J connectivity index is 1.78. The van der Waals surface area contributed by atoms with E-state index >= 15 is 0 Å². The predicted molar refractivity (Wildman–Crippen MR) is 87.5 cm³/mol. The molecule has 2 rings (SSSR count). The van der Waals surface area contributed by atoms with E-state index in [1.165, 1.54) is 11.3 Å². The van der Waals surface area contributed by atoms with Gasteiger partial charge in [0.25, 0.3) is 0 Å². The molecular weight excluding hydrogens is 304 g/mol. The zero-order valence-corrected chi connectivity index (χ0v) is 13.2. The molecule has 5 heteroatoms. The number of carbonyl (C=O) groups excluding carboxylic acids is 1. The van der Waals surface area contributed by atoms with E-state index in [0.29, 0.717) is 13.1 Å². The summed E-state index contributed by atoms with van der Waals surface area (Å²) < 4.78 is 0.729. The van der Waals surface area contributed by atoms with Gasteiger partial charge in [0.1, 0.15) is 0 Å². The summed E-state index contributed by atoms with van der Waals surface area (Å²) in [6, 6.07) is 13.3. The maximum absolute atomic E-state index is 11.9. The molecule has 2 aromatic rings. The maximum Gasteiger partial charge on any atom is 0.318 e. The third kappa shape index (κ3) is 5.14. The molecule has 1 heterocycles. The second-order valence-corrected chi connectivity index (χ2v) is 6.19. The summed E-state index contributed by atoms with van der Waals surface area (Å²) in [6.45, 7) is 0.860. The van der Waals surface area contributed by atoms with Gasteiger partial charge in [0.05, 0.1) is 17.4 Å². The molecule has 1 aromatic heterocycles. The average Bonchev–Trinajstić information content (AvgIpc) is 2.89. The van der Waals surface area contributed by atoms with Crippen molar-refractivity contribution in [1.29, 1.82) is 0 Å². The fraction of sp³-hybridized carbons (Fsp3) is 0.188. The Kier molecular flexibility index (Phi) is 5.68. The molecular formula is C16H15ClN2OS. The Labute approximate surface area is 133 Å². The molecule has 0 bridgehead atoms. The van der Waals surface area contributed by atoms with Gasteiger partial charge in [0.15, 0.2) is 0 Å². The quantitative estimate of drug-likeness (QED) is 0.862. The van der Waals surface area contributed by atoms with E-state index < -0.39 is 0 Å².